The molecule has 1 saturated heterocycles. The molecule has 0 aliphatic carbocycles. The summed E-state index contributed by atoms with van der Waals surface area (Å²) >= 11 is 0. The van der Waals surface area contributed by atoms with Gasteiger partial charge in [0.1, 0.15) is 0 Å². The maximum atomic E-state index is 5.69. The second-order valence-corrected chi connectivity index (χ2v) is 7.25. The number of benzene rings is 1. The van der Waals surface area contributed by atoms with E-state index in [1.54, 1.807) is 0 Å². The first-order valence-electron chi connectivity index (χ1n) is 8.05. The van der Waals surface area contributed by atoms with Gasteiger partial charge in [0.25, 0.3) is 0 Å². The van der Waals surface area contributed by atoms with Gasteiger partial charge < -0.3 is 10.1 Å². The van der Waals surface area contributed by atoms with Crippen LogP contribution in [0, 0.1) is 0 Å². The van der Waals surface area contributed by atoms with E-state index < -0.39 is 0 Å². The molecule has 1 aromatic carbocycles. The number of hydrogen-bond donors (Lipinski definition) is 1. The number of hydrogen-bond acceptors (Lipinski definition) is 3. The summed E-state index contributed by atoms with van der Waals surface area (Å²) < 4.78 is 5.69. The highest BCUT2D eigenvalue weighted by atomic mass is 16.5. The summed E-state index contributed by atoms with van der Waals surface area (Å²) in [6, 6.07) is 8.94. The molecule has 0 amide bonds. The van der Waals surface area contributed by atoms with Gasteiger partial charge in [0.05, 0.1) is 6.10 Å². The molecule has 1 aromatic rings. The van der Waals surface area contributed by atoms with Crippen molar-refractivity contribution in [2.45, 2.75) is 58.3 Å². The van der Waals surface area contributed by atoms with Crippen LogP contribution >= 0.6 is 0 Å². The first-order valence-corrected chi connectivity index (χ1v) is 8.05. The number of ether oxygens (including phenoxy) is 1. The molecule has 1 aliphatic heterocycles. The van der Waals surface area contributed by atoms with Crippen LogP contribution in [-0.2, 0) is 17.8 Å². The SMILES string of the molecule is CN(Cc1ccc(CNC(C)(C)C)cc1)CC1CCCO1. The molecule has 3 nitrogen and oxygen atoms in total. The van der Waals surface area contributed by atoms with E-state index in [-0.39, 0.29) is 5.54 Å². The van der Waals surface area contributed by atoms with Crippen LogP contribution in [0.5, 0.6) is 0 Å². The zero-order valence-corrected chi connectivity index (χ0v) is 14.0. The van der Waals surface area contributed by atoms with Gasteiger partial charge in [0.2, 0.25) is 0 Å². The molecule has 1 fully saturated rings. The Bertz CT molecular complexity index is 416. The van der Waals surface area contributed by atoms with E-state index in [1.165, 1.54) is 24.0 Å². The average molecular weight is 290 g/mol. The molecule has 1 unspecified atom stereocenters. The molecule has 0 bridgehead atoms. The normalized spacial score (nSPS) is 19.4. The second kappa shape index (κ2) is 7.39. The summed E-state index contributed by atoms with van der Waals surface area (Å²) in [6.07, 6.45) is 2.86. The Hall–Kier alpha value is -0.900. The Morgan fingerprint density at radius 3 is 2.43 bits per heavy atom. The molecule has 118 valence electrons. The van der Waals surface area contributed by atoms with Crippen LogP contribution in [0.2, 0.25) is 0 Å². The van der Waals surface area contributed by atoms with Gasteiger partial charge in [0, 0.05) is 31.8 Å². The first kappa shape index (κ1) is 16.5. The third-order valence-corrected chi connectivity index (χ3v) is 3.84. The molecule has 3 heteroatoms. The molecule has 2 rings (SSSR count). The van der Waals surface area contributed by atoms with Gasteiger partial charge in [-0.2, -0.15) is 0 Å². The van der Waals surface area contributed by atoms with Crippen molar-refractivity contribution in [3.8, 4) is 0 Å². The summed E-state index contributed by atoms with van der Waals surface area (Å²) in [5, 5.41) is 3.52. The fourth-order valence-corrected chi connectivity index (χ4v) is 2.64. The van der Waals surface area contributed by atoms with E-state index in [2.05, 4.69) is 62.3 Å². The second-order valence-electron chi connectivity index (χ2n) is 7.25. The van der Waals surface area contributed by atoms with Crippen molar-refractivity contribution < 1.29 is 4.74 Å². The Balaban J connectivity index is 1.78. The van der Waals surface area contributed by atoms with Crippen molar-refractivity contribution in [1.29, 1.82) is 0 Å². The van der Waals surface area contributed by atoms with Crippen molar-refractivity contribution >= 4 is 0 Å². The minimum Gasteiger partial charge on any atom is -0.377 e. The molecular weight excluding hydrogens is 260 g/mol. The highest BCUT2D eigenvalue weighted by Gasteiger charge is 2.17. The van der Waals surface area contributed by atoms with Crippen LogP contribution in [0.4, 0.5) is 0 Å². The van der Waals surface area contributed by atoms with Gasteiger partial charge in [-0.1, -0.05) is 24.3 Å². The van der Waals surface area contributed by atoms with E-state index in [1.807, 2.05) is 0 Å². The van der Waals surface area contributed by atoms with Crippen molar-refractivity contribution in [3.05, 3.63) is 35.4 Å². The van der Waals surface area contributed by atoms with Crippen molar-refractivity contribution in [2.75, 3.05) is 20.2 Å². The first-order chi connectivity index (χ1) is 9.92. The van der Waals surface area contributed by atoms with Gasteiger partial charge in [-0.3, -0.25) is 4.90 Å². The van der Waals surface area contributed by atoms with E-state index in [0.29, 0.717) is 6.10 Å². The quantitative estimate of drug-likeness (QED) is 0.871. The largest absolute Gasteiger partial charge is 0.377 e. The molecule has 1 N–H and O–H groups in total. The van der Waals surface area contributed by atoms with Gasteiger partial charge in [0.15, 0.2) is 0 Å². The maximum Gasteiger partial charge on any atom is 0.0702 e. The molecule has 0 saturated carbocycles. The van der Waals surface area contributed by atoms with Crippen LogP contribution in [0.3, 0.4) is 0 Å². The zero-order chi connectivity index (χ0) is 15.3. The number of rotatable bonds is 6. The van der Waals surface area contributed by atoms with Crippen molar-refractivity contribution in [3.63, 3.8) is 0 Å². The molecule has 1 aliphatic rings. The standard InChI is InChI=1S/C18H30N2O/c1-18(2,3)19-12-15-7-9-16(10-8-15)13-20(4)14-17-6-5-11-21-17/h7-10,17,19H,5-6,11-14H2,1-4H3. The Morgan fingerprint density at radius 2 is 1.86 bits per heavy atom. The Kier molecular flexibility index (Phi) is 5.80. The lowest BCUT2D eigenvalue weighted by Crippen LogP contribution is -2.35. The lowest BCUT2D eigenvalue weighted by molar-refractivity contribution is 0.0793. The number of likely N-dealkylation sites (N-methyl/N-ethyl adjacent to an activating group) is 1. The minimum absolute atomic E-state index is 0.167. The monoisotopic (exact) mass is 290 g/mol. The van der Waals surface area contributed by atoms with E-state index >= 15 is 0 Å². The van der Waals surface area contributed by atoms with E-state index in [4.69, 9.17) is 4.74 Å². The predicted molar refractivity (Wildman–Crippen MR) is 88.3 cm³/mol. The van der Waals surface area contributed by atoms with E-state index in [9.17, 15) is 0 Å². The predicted octanol–water partition coefficient (Wildman–Crippen LogP) is 3.19. The number of nitrogens with zero attached hydrogens (tertiary/aromatic N) is 1. The maximum absolute atomic E-state index is 5.69. The molecule has 1 heterocycles. The van der Waals surface area contributed by atoms with Crippen LogP contribution < -0.4 is 5.32 Å². The Morgan fingerprint density at radius 1 is 1.19 bits per heavy atom. The molecule has 21 heavy (non-hydrogen) atoms. The smallest absolute Gasteiger partial charge is 0.0702 e. The zero-order valence-electron chi connectivity index (χ0n) is 14.0. The summed E-state index contributed by atoms with van der Waals surface area (Å²) in [5.74, 6) is 0. The summed E-state index contributed by atoms with van der Waals surface area (Å²) in [6.45, 7) is 10.5. The van der Waals surface area contributed by atoms with Crippen LogP contribution in [0.1, 0.15) is 44.7 Å². The van der Waals surface area contributed by atoms with Crippen LogP contribution in [0.25, 0.3) is 0 Å². The van der Waals surface area contributed by atoms with Gasteiger partial charge in [-0.15, -0.1) is 0 Å². The van der Waals surface area contributed by atoms with Gasteiger partial charge in [-0.05, 0) is 51.8 Å². The lowest BCUT2D eigenvalue weighted by Gasteiger charge is -2.21. The van der Waals surface area contributed by atoms with Crippen molar-refractivity contribution in [2.24, 2.45) is 0 Å². The van der Waals surface area contributed by atoms with Crippen LogP contribution in [-0.4, -0.2) is 36.7 Å². The highest BCUT2D eigenvalue weighted by Crippen LogP contribution is 2.14. The topological polar surface area (TPSA) is 24.5 Å². The summed E-state index contributed by atoms with van der Waals surface area (Å²) in [7, 11) is 2.18. The highest BCUT2D eigenvalue weighted by molar-refractivity contribution is 5.22. The van der Waals surface area contributed by atoms with E-state index in [0.717, 1.165) is 26.2 Å². The summed E-state index contributed by atoms with van der Waals surface area (Å²) in [5.41, 5.74) is 2.88. The van der Waals surface area contributed by atoms with Crippen molar-refractivity contribution in [1.82, 2.24) is 10.2 Å². The fraction of sp³-hybridized carbons (Fsp3) is 0.667. The number of nitrogens with one attached hydrogen (secondary N) is 1. The fourth-order valence-electron chi connectivity index (χ4n) is 2.64. The van der Waals surface area contributed by atoms with Crippen LogP contribution in [0.15, 0.2) is 24.3 Å². The van der Waals surface area contributed by atoms with Gasteiger partial charge in [-0.25, -0.2) is 0 Å². The lowest BCUT2D eigenvalue weighted by atomic mass is 10.1. The molecule has 0 spiro atoms. The molecule has 1 atom stereocenters. The molecule has 0 radical (unpaired) electrons. The summed E-state index contributed by atoms with van der Waals surface area (Å²) in [4.78, 5) is 2.36. The minimum atomic E-state index is 0.167. The van der Waals surface area contributed by atoms with Gasteiger partial charge >= 0.3 is 0 Å². The molecular formula is C18H30N2O. The molecule has 0 aromatic heterocycles. The Labute approximate surface area is 129 Å². The third kappa shape index (κ3) is 6.16. The third-order valence-electron chi connectivity index (χ3n) is 3.84. The average Bonchev–Trinajstić information content (AvgIpc) is 2.89.